The van der Waals surface area contributed by atoms with E-state index in [1.165, 1.54) is 12.6 Å². The summed E-state index contributed by atoms with van der Waals surface area (Å²) >= 11 is 0. The number of amidine groups is 1. The summed E-state index contributed by atoms with van der Waals surface area (Å²) in [5.41, 5.74) is 13.2. The molecule has 0 bridgehead atoms. The van der Waals surface area contributed by atoms with Gasteiger partial charge in [0.25, 0.3) is 5.91 Å². The average molecular weight is 532 g/mol. The van der Waals surface area contributed by atoms with E-state index in [0.29, 0.717) is 18.8 Å². The zero-order valence-corrected chi connectivity index (χ0v) is 25.3. The van der Waals surface area contributed by atoms with Crippen LogP contribution < -0.4 is 27.1 Å². The molecule has 1 fully saturated rings. The minimum Gasteiger partial charge on any atom is -0.389 e. The van der Waals surface area contributed by atoms with Crippen LogP contribution in [0.4, 0.5) is 0 Å². The van der Waals surface area contributed by atoms with E-state index in [1.807, 2.05) is 53.8 Å². The fraction of sp³-hybridized carbons (Fsp3) is 0.667. The predicted molar refractivity (Wildman–Crippen MR) is 159 cm³/mol. The highest BCUT2D eigenvalue weighted by atomic mass is 16.3. The molecule has 1 aromatic rings. The van der Waals surface area contributed by atoms with E-state index in [2.05, 4.69) is 52.8 Å². The van der Waals surface area contributed by atoms with Crippen LogP contribution in [0.3, 0.4) is 0 Å². The summed E-state index contributed by atoms with van der Waals surface area (Å²) in [5, 5.41) is 18.0. The van der Waals surface area contributed by atoms with E-state index in [4.69, 9.17) is 5.73 Å². The van der Waals surface area contributed by atoms with Crippen molar-refractivity contribution in [2.24, 2.45) is 11.5 Å². The Bertz CT molecular complexity index is 947. The average Bonchev–Trinajstić information content (AvgIpc) is 3.12. The van der Waals surface area contributed by atoms with Gasteiger partial charge < -0.3 is 21.5 Å². The van der Waals surface area contributed by atoms with Gasteiger partial charge in [0, 0.05) is 18.5 Å². The summed E-state index contributed by atoms with van der Waals surface area (Å²) in [7, 11) is 3.49. The van der Waals surface area contributed by atoms with E-state index in [9.17, 15) is 9.90 Å². The van der Waals surface area contributed by atoms with Crippen LogP contribution in [0.1, 0.15) is 89.2 Å². The number of nitrogens with one attached hydrogen (secondary N) is 3. The summed E-state index contributed by atoms with van der Waals surface area (Å²) < 4.78 is 0. The van der Waals surface area contributed by atoms with E-state index in [1.54, 1.807) is 6.20 Å². The quantitative estimate of drug-likeness (QED) is 0.222. The standard InChI is InChI=1S/C27H43N5O2.C2H6.CH5N/c1-8-22(28)31-23(17(3)29-9-2)27(6)24(33)21(16-32(27)7)30-25(34)19-12-10-14-20-18(19)13-11-15-26(20,4)5;2*1-2/h9-10,12,14,17,21,23-24,29,33H,2,8,11,13,15-16H2,1,3-7H3,(H2,28,31)(H,30,34);1-2H3;2H2,1H3/p+1/t17?,21-,23+,24?,27+;;/m1../s1. The van der Waals surface area contributed by atoms with Crippen LogP contribution in [0.2, 0.25) is 0 Å². The third-order valence-electron chi connectivity index (χ3n) is 8.20. The molecule has 216 valence electrons. The van der Waals surface area contributed by atoms with E-state index in [0.717, 1.165) is 30.4 Å². The Hall–Kier alpha value is -2.42. The maximum Gasteiger partial charge on any atom is 0.251 e. The van der Waals surface area contributed by atoms with Crippen LogP contribution in [-0.4, -0.2) is 72.2 Å². The first-order valence-corrected chi connectivity index (χ1v) is 14.1. The molecule has 1 amide bonds. The van der Waals surface area contributed by atoms with Gasteiger partial charge in [-0.3, -0.25) is 20.4 Å². The van der Waals surface area contributed by atoms with Crippen molar-refractivity contribution in [2.75, 3.05) is 20.6 Å². The van der Waals surface area contributed by atoms with Crippen molar-refractivity contribution in [3.05, 3.63) is 47.7 Å². The Balaban J connectivity index is 0.00000172. The van der Waals surface area contributed by atoms with Crippen LogP contribution in [0, 0.1) is 0 Å². The second-order valence-electron chi connectivity index (χ2n) is 10.9. The fourth-order valence-corrected chi connectivity index (χ4v) is 5.92. The molecule has 0 saturated carbocycles. The first-order valence-electron chi connectivity index (χ1n) is 14.1. The van der Waals surface area contributed by atoms with Crippen molar-refractivity contribution in [3.63, 3.8) is 0 Å². The monoisotopic (exact) mass is 531 g/mol. The summed E-state index contributed by atoms with van der Waals surface area (Å²) in [4.78, 5) is 19.0. The smallest absolute Gasteiger partial charge is 0.251 e. The van der Waals surface area contributed by atoms with Crippen molar-refractivity contribution in [3.8, 4) is 0 Å². The molecule has 0 aromatic heterocycles. The Morgan fingerprint density at radius 3 is 2.53 bits per heavy atom. The van der Waals surface area contributed by atoms with Crippen LogP contribution in [0.25, 0.3) is 0 Å². The van der Waals surface area contributed by atoms with Gasteiger partial charge in [-0.05, 0) is 76.0 Å². The van der Waals surface area contributed by atoms with Crippen LogP contribution in [0.5, 0.6) is 0 Å². The molecule has 1 heterocycles. The molecular formula is C30H55N6O2+. The number of hydrogen-bond acceptors (Lipinski definition) is 5. The SMILES string of the molecule is C=CNC(C)[C@H]([NH+]=C(N)CC)[C@@]1(C)C(O)[C@H](NC(=O)c2cccc3c2CCCC3(C)C)CN1C.CC.CN. The normalized spacial score (nSPS) is 25.9. The number of likely N-dealkylation sites (N-methyl/N-ethyl adjacent to an activating group) is 1. The lowest BCUT2D eigenvalue weighted by Crippen LogP contribution is -2.92. The molecule has 1 aliphatic heterocycles. The van der Waals surface area contributed by atoms with Crippen molar-refractivity contribution >= 4 is 11.7 Å². The van der Waals surface area contributed by atoms with Gasteiger partial charge in [-0.2, -0.15) is 0 Å². The molecule has 1 saturated heterocycles. The minimum atomic E-state index is -0.798. The first kappa shape index (κ1) is 33.6. The van der Waals surface area contributed by atoms with Crippen molar-refractivity contribution in [1.29, 1.82) is 0 Å². The molecule has 0 radical (unpaired) electrons. The number of nitrogens with two attached hydrogens (primary N) is 2. The summed E-state index contributed by atoms with van der Waals surface area (Å²) in [6.07, 6.45) is 4.66. The van der Waals surface area contributed by atoms with Crippen molar-refractivity contribution < 1.29 is 14.9 Å². The maximum atomic E-state index is 13.5. The van der Waals surface area contributed by atoms with E-state index < -0.39 is 17.7 Å². The number of amides is 1. The molecule has 2 aliphatic rings. The highest BCUT2D eigenvalue weighted by Crippen LogP contribution is 2.38. The van der Waals surface area contributed by atoms with E-state index in [-0.39, 0.29) is 23.4 Å². The fourth-order valence-electron chi connectivity index (χ4n) is 5.92. The lowest BCUT2D eigenvalue weighted by atomic mass is 9.71. The number of nitrogens with zero attached hydrogens (tertiary/aromatic N) is 1. The molecule has 38 heavy (non-hydrogen) atoms. The van der Waals surface area contributed by atoms with Gasteiger partial charge in [0.15, 0.2) is 0 Å². The second-order valence-corrected chi connectivity index (χ2v) is 10.9. The molecule has 8 nitrogen and oxygen atoms in total. The number of benzene rings is 1. The number of fused-ring (bicyclic) bond motifs is 1. The molecule has 3 rings (SSSR count). The maximum absolute atomic E-state index is 13.5. The highest BCUT2D eigenvalue weighted by molar-refractivity contribution is 5.96. The third-order valence-corrected chi connectivity index (χ3v) is 8.20. The number of carbonyl (C=O) groups excluding carboxylic acids is 1. The molecular weight excluding hydrogens is 476 g/mol. The minimum absolute atomic E-state index is 0.0532. The molecule has 8 N–H and O–H groups in total. The zero-order chi connectivity index (χ0) is 29.3. The van der Waals surface area contributed by atoms with E-state index >= 15 is 0 Å². The van der Waals surface area contributed by atoms with Crippen LogP contribution >= 0.6 is 0 Å². The number of likely N-dealkylation sites (tertiary alicyclic amines) is 1. The highest BCUT2D eigenvalue weighted by Gasteiger charge is 2.56. The van der Waals surface area contributed by atoms with Gasteiger partial charge >= 0.3 is 0 Å². The summed E-state index contributed by atoms with van der Waals surface area (Å²) in [6, 6.07) is 5.38. The van der Waals surface area contributed by atoms with Crippen molar-refractivity contribution in [2.45, 2.75) is 109 Å². The molecule has 1 aliphatic carbocycles. The Morgan fingerprint density at radius 2 is 1.95 bits per heavy atom. The summed E-state index contributed by atoms with van der Waals surface area (Å²) in [6.45, 7) is 18.9. The van der Waals surface area contributed by atoms with Crippen LogP contribution in [-0.2, 0) is 11.8 Å². The predicted octanol–water partition coefficient (Wildman–Crippen LogP) is 1.40. The van der Waals surface area contributed by atoms with Gasteiger partial charge in [-0.1, -0.05) is 53.3 Å². The van der Waals surface area contributed by atoms with Gasteiger partial charge in [0.1, 0.15) is 6.04 Å². The second kappa shape index (κ2) is 14.7. The topological polar surface area (TPSA) is 131 Å². The number of carbonyl (C=O) groups is 1. The number of aliphatic hydroxyl groups is 1. The molecule has 0 spiro atoms. The molecule has 1 aromatic carbocycles. The third kappa shape index (κ3) is 6.96. The molecule has 2 unspecified atom stereocenters. The van der Waals surface area contributed by atoms with Gasteiger partial charge in [0.2, 0.25) is 5.84 Å². The Morgan fingerprint density at radius 1 is 1.32 bits per heavy atom. The Kier molecular flexibility index (Phi) is 13.0. The number of aliphatic hydroxyl groups excluding tert-OH is 1. The number of hydrogen-bond donors (Lipinski definition) is 6. The first-order chi connectivity index (χ1) is 18.0. The lowest BCUT2D eigenvalue weighted by molar-refractivity contribution is -0.529. The number of rotatable bonds is 8. The van der Waals surface area contributed by atoms with Gasteiger partial charge in [-0.25, -0.2) is 0 Å². The Labute approximate surface area is 231 Å². The largest absolute Gasteiger partial charge is 0.389 e. The molecule has 8 heteroatoms. The van der Waals surface area contributed by atoms with Crippen LogP contribution in [0.15, 0.2) is 31.0 Å². The lowest BCUT2D eigenvalue weighted by Gasteiger charge is -2.41. The molecule has 5 atom stereocenters. The van der Waals surface area contributed by atoms with Gasteiger partial charge in [0.05, 0.1) is 23.7 Å². The zero-order valence-electron chi connectivity index (χ0n) is 25.3. The van der Waals surface area contributed by atoms with Crippen molar-refractivity contribution in [1.82, 2.24) is 15.5 Å². The summed E-state index contributed by atoms with van der Waals surface area (Å²) in [5.74, 6) is 0.549. The van der Waals surface area contributed by atoms with Gasteiger partial charge in [-0.15, -0.1) is 0 Å².